The number of hydrogen-bond acceptors (Lipinski definition) is 6. The van der Waals surface area contributed by atoms with Gasteiger partial charge in [-0.3, -0.25) is 0 Å². The summed E-state index contributed by atoms with van der Waals surface area (Å²) in [7, 11) is 0. The fourth-order valence-electron chi connectivity index (χ4n) is 9.00. The van der Waals surface area contributed by atoms with Crippen LogP contribution in [0, 0.1) is 0 Å². The van der Waals surface area contributed by atoms with Crippen molar-refractivity contribution < 1.29 is 0 Å². The Bertz CT molecular complexity index is 3410. The van der Waals surface area contributed by atoms with Gasteiger partial charge < -0.3 is 0 Å². The lowest BCUT2D eigenvalue weighted by atomic mass is 10.0. The summed E-state index contributed by atoms with van der Waals surface area (Å²) in [6.45, 7) is 27.2. The predicted octanol–water partition coefficient (Wildman–Crippen LogP) is 23.8. The van der Waals surface area contributed by atoms with Crippen LogP contribution in [0.15, 0.2) is 109 Å². The maximum Gasteiger partial charge on any atom is 0.0542 e. The zero-order valence-electron chi connectivity index (χ0n) is 40.3. The molecule has 0 N–H and O–H groups in total. The Morgan fingerprint density at radius 3 is 0.941 bits per heavy atom. The van der Waals surface area contributed by atoms with Gasteiger partial charge in [0.2, 0.25) is 0 Å². The van der Waals surface area contributed by atoms with Gasteiger partial charge in [-0.25, -0.2) is 0 Å². The summed E-state index contributed by atoms with van der Waals surface area (Å²) >= 11 is 11.7. The third-order valence-corrected chi connectivity index (χ3v) is 21.2. The van der Waals surface area contributed by atoms with Gasteiger partial charge in [-0.1, -0.05) is 134 Å². The summed E-state index contributed by atoms with van der Waals surface area (Å²) in [4.78, 5) is 5.93. The first-order valence-corrected chi connectivity index (χ1v) is 28.7. The molecule has 0 bridgehead atoms. The van der Waals surface area contributed by atoms with Gasteiger partial charge in [-0.05, 0) is 152 Å². The van der Waals surface area contributed by atoms with Crippen LogP contribution in [0.25, 0.3) is 91.5 Å². The lowest BCUT2D eigenvalue weighted by Crippen LogP contribution is -1.84. The Kier molecular flexibility index (Phi) is 14.7. The molecule has 12 aromatic rings. The van der Waals surface area contributed by atoms with Crippen LogP contribution < -0.4 is 0 Å². The normalized spacial score (nSPS) is 12.1. The fourth-order valence-corrected chi connectivity index (χ4v) is 16.1. The van der Waals surface area contributed by atoms with Crippen molar-refractivity contribution >= 4 is 159 Å². The molecule has 6 heterocycles. The first kappa shape index (κ1) is 50.3. The number of fused-ring (bicyclic) bond motifs is 13. The molecule has 0 nitrogen and oxygen atoms in total. The van der Waals surface area contributed by atoms with E-state index in [1.807, 2.05) is 68.0 Å². The average molecular weight is 1010 g/mol. The van der Waals surface area contributed by atoms with E-state index in [0.717, 1.165) is 0 Å². The minimum Gasteiger partial charge on any atom is -0.140 e. The van der Waals surface area contributed by atoms with Gasteiger partial charge in [0.25, 0.3) is 0 Å². The monoisotopic (exact) mass is 1000 g/mol. The molecule has 0 atom stereocenters. The van der Waals surface area contributed by atoms with Gasteiger partial charge in [0.15, 0.2) is 0 Å². The molecule has 0 radical (unpaired) electrons. The van der Waals surface area contributed by atoms with Crippen LogP contribution in [-0.2, 0) is 0 Å². The smallest absolute Gasteiger partial charge is 0.0542 e. The summed E-state index contributed by atoms with van der Waals surface area (Å²) in [6, 6.07) is 42.2. The quantitative estimate of drug-likeness (QED) is 0.156. The maximum atomic E-state index is 2.40. The van der Waals surface area contributed by atoms with E-state index in [1.165, 1.54) is 122 Å². The highest BCUT2D eigenvalue weighted by molar-refractivity contribution is 7.36. The number of hydrogen-bond donors (Lipinski definition) is 0. The molecular formula is C62H68S6. The summed E-state index contributed by atoms with van der Waals surface area (Å²) in [6.07, 6.45) is 0. The molecule has 0 unspecified atom stereocenters. The molecule has 0 amide bonds. The third-order valence-electron chi connectivity index (χ3n) is 13.1. The zero-order valence-corrected chi connectivity index (χ0v) is 45.2. The van der Waals surface area contributed by atoms with Gasteiger partial charge in [0.1, 0.15) is 0 Å². The van der Waals surface area contributed by atoms with Crippen LogP contribution in [0.3, 0.4) is 0 Å². The Morgan fingerprint density at radius 1 is 0.250 bits per heavy atom. The highest BCUT2D eigenvalue weighted by Crippen LogP contribution is 2.46. The van der Waals surface area contributed by atoms with E-state index < -0.39 is 0 Å². The van der Waals surface area contributed by atoms with Crippen molar-refractivity contribution in [2.45, 2.75) is 133 Å². The molecule has 0 aliphatic rings. The Morgan fingerprint density at radius 2 is 0.588 bits per heavy atom. The number of benzene rings is 6. The van der Waals surface area contributed by atoms with E-state index in [1.54, 1.807) is 0 Å². The lowest BCUT2D eigenvalue weighted by molar-refractivity contribution is 0.869. The summed E-state index contributed by atoms with van der Waals surface area (Å²) in [5, 5.41) is 14.0. The summed E-state index contributed by atoms with van der Waals surface area (Å²) < 4.78 is 11.4. The summed E-state index contributed by atoms with van der Waals surface area (Å²) in [5.41, 5.74) is 2.88. The molecule has 0 saturated carbocycles. The topological polar surface area (TPSA) is 0 Å². The van der Waals surface area contributed by atoms with Gasteiger partial charge in [0.05, 0.1) is 9.40 Å². The fraction of sp³-hybridized carbons (Fsp3) is 0.323. The number of thiophene rings is 6. The zero-order chi connectivity index (χ0) is 46.3. The van der Waals surface area contributed by atoms with Crippen LogP contribution in [0.2, 0.25) is 0 Å². The molecule has 68 heavy (non-hydrogen) atoms. The van der Waals surface area contributed by atoms with Crippen LogP contribution in [0.4, 0.5) is 0 Å². The molecule has 0 spiro atoms. The number of rotatable bonds is 6. The van der Waals surface area contributed by atoms with Crippen molar-refractivity contribution in [3.63, 3.8) is 0 Å². The van der Waals surface area contributed by atoms with Gasteiger partial charge in [-0.15, -0.1) is 68.0 Å². The molecule has 6 heteroatoms. The van der Waals surface area contributed by atoms with E-state index in [9.17, 15) is 0 Å². The van der Waals surface area contributed by atoms with Crippen molar-refractivity contribution in [1.29, 1.82) is 0 Å². The predicted molar refractivity (Wildman–Crippen MR) is 322 cm³/mol. The third kappa shape index (κ3) is 9.43. The Balaban J connectivity index is 0.000000136. The highest BCUT2D eigenvalue weighted by atomic mass is 32.1. The van der Waals surface area contributed by atoms with Crippen LogP contribution in [0.5, 0.6) is 0 Å². The van der Waals surface area contributed by atoms with Crippen molar-refractivity contribution in [2.24, 2.45) is 0 Å². The van der Waals surface area contributed by atoms with Crippen molar-refractivity contribution in [2.75, 3.05) is 0 Å². The minimum absolute atomic E-state index is 0. The van der Waals surface area contributed by atoms with E-state index in [2.05, 4.69) is 192 Å². The van der Waals surface area contributed by atoms with E-state index in [-0.39, 0.29) is 14.9 Å². The molecule has 6 aromatic heterocycles. The molecule has 12 rings (SSSR count). The first-order chi connectivity index (χ1) is 31.6. The Labute approximate surface area is 429 Å². The maximum absolute atomic E-state index is 2.40. The largest absolute Gasteiger partial charge is 0.140 e. The van der Waals surface area contributed by atoms with Crippen molar-refractivity contribution in [1.82, 2.24) is 0 Å². The first-order valence-electron chi connectivity index (χ1n) is 23.8. The standard InChI is InChI=1S/3C20H20S2.2CH4/c1-11(2)17-9-15-5-13-8-20-16(10-18(22-20)12(3)4)6-14(13)7-19(15)21-17;1-11(2)19-9-15-13-6-8-18-16(10-20(22-18)12(3)4)14(13)5-7-17(15)21-19;1-11(2)13-5-7-15-17(9-13)21-20-16-8-6-14(12(3)4)10-18(16)22-19(15)20;;/h3*5-12H,1-4H3;2*1H4. The molecular weight excluding hydrogens is 937 g/mol. The second-order valence-corrected chi connectivity index (χ2v) is 26.6. The molecule has 0 saturated heterocycles. The molecule has 6 aromatic carbocycles. The van der Waals surface area contributed by atoms with Crippen LogP contribution >= 0.6 is 68.0 Å². The van der Waals surface area contributed by atoms with Crippen LogP contribution in [0.1, 0.15) is 164 Å². The van der Waals surface area contributed by atoms with E-state index in [0.29, 0.717) is 35.5 Å². The summed E-state index contributed by atoms with van der Waals surface area (Å²) in [5.74, 6) is 3.61. The van der Waals surface area contributed by atoms with Crippen LogP contribution in [-0.4, -0.2) is 0 Å². The minimum atomic E-state index is 0. The second kappa shape index (κ2) is 19.9. The second-order valence-electron chi connectivity index (χ2n) is 20.1. The Hall–Kier alpha value is -4.14. The van der Waals surface area contributed by atoms with E-state index in [4.69, 9.17) is 0 Å². The lowest BCUT2D eigenvalue weighted by Gasteiger charge is -2.04. The molecule has 0 aliphatic carbocycles. The molecule has 0 aliphatic heterocycles. The van der Waals surface area contributed by atoms with Gasteiger partial charge in [0, 0.05) is 69.3 Å². The molecule has 0 fully saturated rings. The average Bonchev–Trinajstić information content (AvgIpc) is 4.14. The molecule has 352 valence electrons. The highest BCUT2D eigenvalue weighted by Gasteiger charge is 2.16. The van der Waals surface area contributed by atoms with E-state index >= 15 is 0 Å². The van der Waals surface area contributed by atoms with Gasteiger partial charge >= 0.3 is 0 Å². The van der Waals surface area contributed by atoms with Crippen molar-refractivity contribution in [3.05, 3.63) is 140 Å². The van der Waals surface area contributed by atoms with Crippen molar-refractivity contribution in [3.8, 4) is 0 Å². The van der Waals surface area contributed by atoms with Gasteiger partial charge in [-0.2, -0.15) is 0 Å². The SMILES string of the molecule is C.C.CC(C)c1cc2c(ccc3c4cc(C(C)C)sc4ccc23)s1.CC(C)c1cc2cc3cc4sc(C(C)C)cc4cc3cc2s1.CC(C)c1ccc2c(c1)sc1c3ccc(C(C)C)cc3sc21.